The molecule has 0 N–H and O–H groups in total. The molecule has 6 aromatic carbocycles. The van der Waals surface area contributed by atoms with Gasteiger partial charge in [0.15, 0.2) is 0 Å². The van der Waals surface area contributed by atoms with Crippen LogP contribution in [0.15, 0.2) is 121 Å². The van der Waals surface area contributed by atoms with Gasteiger partial charge in [-0.05, 0) is 61.8 Å². The Morgan fingerprint density at radius 3 is 2.11 bits per heavy atom. The Bertz CT molecular complexity index is 2020. The number of benzene rings is 6. The summed E-state index contributed by atoms with van der Waals surface area (Å²) in [5.74, 6) is 0.360. The molecule has 1 heteroatoms. The summed E-state index contributed by atoms with van der Waals surface area (Å²) in [6, 6.07) is 42.5. The van der Waals surface area contributed by atoms with Crippen molar-refractivity contribution in [1.82, 2.24) is 0 Å². The molecule has 0 saturated carbocycles. The van der Waals surface area contributed by atoms with Crippen LogP contribution in [0.25, 0.3) is 58.9 Å². The maximum Gasteiger partial charge on any atom is 0.0433 e. The zero-order valence-electron chi connectivity index (χ0n) is 20.3. The Kier molecular flexibility index (Phi) is 4.62. The molecule has 1 aromatic heterocycles. The third kappa shape index (κ3) is 3.21. The van der Waals surface area contributed by atoms with Crippen molar-refractivity contribution in [1.29, 1.82) is 0 Å². The minimum atomic E-state index is 0.360. The molecule has 0 spiro atoms. The van der Waals surface area contributed by atoms with Gasteiger partial charge in [-0.25, -0.2) is 0 Å². The first kappa shape index (κ1) is 20.9. The standard InChI is InChI=1S/C36H24S/c1-2-13-29-27(11-1)28-12-3-4-14-30(28)34-22-24(19-20-31(29)34)23-9-7-10-25(21-23)26-16-8-17-33-32-15-5-6-18-35(32)37-36(26)33/h1-21,24H,22H2. The van der Waals surface area contributed by atoms with E-state index in [-0.39, 0.29) is 0 Å². The second-order valence-electron chi connectivity index (χ2n) is 10.1. The summed E-state index contributed by atoms with van der Waals surface area (Å²) in [5.41, 5.74) is 6.87. The van der Waals surface area contributed by atoms with Crippen LogP contribution in [0.3, 0.4) is 0 Å². The van der Waals surface area contributed by atoms with Gasteiger partial charge in [0.25, 0.3) is 0 Å². The van der Waals surface area contributed by atoms with E-state index in [9.17, 15) is 0 Å². The van der Waals surface area contributed by atoms with E-state index in [2.05, 4.69) is 127 Å². The van der Waals surface area contributed by atoms with Crippen LogP contribution in [0, 0.1) is 0 Å². The van der Waals surface area contributed by atoms with Gasteiger partial charge in [-0.1, -0.05) is 121 Å². The molecule has 0 radical (unpaired) electrons. The number of thiophene rings is 1. The van der Waals surface area contributed by atoms with E-state index in [0.29, 0.717) is 5.92 Å². The van der Waals surface area contributed by atoms with Crippen molar-refractivity contribution in [2.24, 2.45) is 0 Å². The van der Waals surface area contributed by atoms with Crippen LogP contribution in [0.5, 0.6) is 0 Å². The van der Waals surface area contributed by atoms with E-state index in [4.69, 9.17) is 0 Å². The van der Waals surface area contributed by atoms with E-state index in [1.807, 2.05) is 11.3 Å². The highest BCUT2D eigenvalue weighted by Crippen LogP contribution is 2.42. The molecule has 0 saturated heterocycles. The van der Waals surface area contributed by atoms with Gasteiger partial charge in [-0.2, -0.15) is 0 Å². The number of hydrogen-bond donors (Lipinski definition) is 0. The average molecular weight is 489 g/mol. The highest BCUT2D eigenvalue weighted by molar-refractivity contribution is 7.26. The summed E-state index contributed by atoms with van der Waals surface area (Å²) in [6.07, 6.45) is 5.81. The van der Waals surface area contributed by atoms with E-state index >= 15 is 0 Å². The van der Waals surface area contributed by atoms with Gasteiger partial charge in [-0.3, -0.25) is 0 Å². The Morgan fingerprint density at radius 2 is 1.24 bits per heavy atom. The minimum Gasteiger partial charge on any atom is -0.135 e. The van der Waals surface area contributed by atoms with Gasteiger partial charge in [-0.15, -0.1) is 11.3 Å². The number of rotatable bonds is 2. The zero-order valence-corrected chi connectivity index (χ0v) is 21.1. The number of hydrogen-bond acceptors (Lipinski definition) is 1. The molecular formula is C36H24S. The molecule has 8 rings (SSSR count). The van der Waals surface area contributed by atoms with Crippen LogP contribution in [-0.2, 0) is 6.42 Å². The summed E-state index contributed by atoms with van der Waals surface area (Å²) in [6.45, 7) is 0. The van der Waals surface area contributed by atoms with Crippen LogP contribution in [0.4, 0.5) is 0 Å². The van der Waals surface area contributed by atoms with Gasteiger partial charge in [0.05, 0.1) is 0 Å². The lowest BCUT2D eigenvalue weighted by Gasteiger charge is -2.24. The molecule has 0 nitrogen and oxygen atoms in total. The Balaban J connectivity index is 1.26. The average Bonchev–Trinajstić information content (AvgIpc) is 3.36. The highest BCUT2D eigenvalue weighted by atomic mass is 32.1. The van der Waals surface area contributed by atoms with Gasteiger partial charge in [0, 0.05) is 26.1 Å². The first-order valence-corrected chi connectivity index (χ1v) is 13.8. The Labute approximate surface area is 220 Å². The number of allylic oxidation sites excluding steroid dienone is 1. The van der Waals surface area contributed by atoms with Crippen molar-refractivity contribution in [3.05, 3.63) is 138 Å². The quantitative estimate of drug-likeness (QED) is 0.212. The van der Waals surface area contributed by atoms with E-state index < -0.39 is 0 Å². The van der Waals surface area contributed by atoms with Gasteiger partial charge < -0.3 is 0 Å². The smallest absolute Gasteiger partial charge is 0.0433 e. The molecule has 0 aliphatic heterocycles. The van der Waals surface area contributed by atoms with Crippen LogP contribution >= 0.6 is 11.3 Å². The lowest BCUT2D eigenvalue weighted by molar-refractivity contribution is 0.835. The van der Waals surface area contributed by atoms with Crippen molar-refractivity contribution in [3.8, 4) is 11.1 Å². The molecule has 1 unspecified atom stereocenters. The summed E-state index contributed by atoms with van der Waals surface area (Å²) in [5, 5.41) is 8.15. The maximum absolute atomic E-state index is 2.42. The fourth-order valence-electron chi connectivity index (χ4n) is 6.29. The second-order valence-corrected chi connectivity index (χ2v) is 11.1. The molecule has 0 amide bonds. The third-order valence-electron chi connectivity index (χ3n) is 8.03. The van der Waals surface area contributed by atoms with Crippen LogP contribution in [0.1, 0.15) is 22.6 Å². The van der Waals surface area contributed by atoms with Crippen LogP contribution in [-0.4, -0.2) is 0 Å². The van der Waals surface area contributed by atoms with Crippen molar-refractivity contribution >= 4 is 59.1 Å². The molecule has 1 aliphatic carbocycles. The first-order chi connectivity index (χ1) is 18.3. The maximum atomic E-state index is 2.42. The summed E-state index contributed by atoms with van der Waals surface area (Å²) in [7, 11) is 0. The topological polar surface area (TPSA) is 0 Å². The van der Waals surface area contributed by atoms with Gasteiger partial charge in [0.1, 0.15) is 0 Å². The molecule has 1 aliphatic rings. The Hall–Kier alpha value is -4.20. The first-order valence-electron chi connectivity index (χ1n) is 13.0. The van der Waals surface area contributed by atoms with E-state index in [1.54, 1.807) is 0 Å². The highest BCUT2D eigenvalue weighted by Gasteiger charge is 2.21. The third-order valence-corrected chi connectivity index (χ3v) is 9.25. The molecule has 0 bridgehead atoms. The Morgan fingerprint density at radius 1 is 0.568 bits per heavy atom. The lowest BCUT2D eigenvalue weighted by atomic mass is 9.80. The van der Waals surface area contributed by atoms with Crippen molar-refractivity contribution in [2.45, 2.75) is 12.3 Å². The fourth-order valence-corrected chi connectivity index (χ4v) is 7.53. The monoisotopic (exact) mass is 488 g/mol. The van der Waals surface area contributed by atoms with Gasteiger partial charge in [0.2, 0.25) is 0 Å². The summed E-state index contributed by atoms with van der Waals surface area (Å²) < 4.78 is 2.73. The zero-order chi connectivity index (χ0) is 24.3. The van der Waals surface area contributed by atoms with Crippen molar-refractivity contribution < 1.29 is 0 Å². The van der Waals surface area contributed by atoms with Crippen molar-refractivity contribution in [2.75, 3.05) is 0 Å². The van der Waals surface area contributed by atoms with Crippen LogP contribution < -0.4 is 0 Å². The molecule has 1 heterocycles. The molecule has 0 fully saturated rings. The number of fused-ring (bicyclic) bond motifs is 9. The van der Waals surface area contributed by atoms with Crippen molar-refractivity contribution in [3.63, 3.8) is 0 Å². The fraction of sp³-hybridized carbons (Fsp3) is 0.0556. The SMILES string of the molecule is C1=CC(c2cccc(-c3cccc4c3sc3ccccc34)c2)Cc2c1c1ccccc1c1ccccc21. The van der Waals surface area contributed by atoms with E-state index in [1.165, 1.54) is 69.5 Å². The predicted octanol–water partition coefficient (Wildman–Crippen LogP) is 10.4. The predicted molar refractivity (Wildman–Crippen MR) is 162 cm³/mol. The normalized spacial score (nSPS) is 15.1. The van der Waals surface area contributed by atoms with E-state index in [0.717, 1.165) is 6.42 Å². The molecule has 37 heavy (non-hydrogen) atoms. The molecule has 1 atom stereocenters. The lowest BCUT2D eigenvalue weighted by Crippen LogP contribution is -2.07. The summed E-state index contributed by atoms with van der Waals surface area (Å²) >= 11 is 1.90. The van der Waals surface area contributed by atoms with Crippen LogP contribution in [0.2, 0.25) is 0 Å². The second kappa shape index (κ2) is 8.16. The minimum absolute atomic E-state index is 0.360. The molecule has 174 valence electrons. The summed E-state index contributed by atoms with van der Waals surface area (Å²) in [4.78, 5) is 0. The molecular weight excluding hydrogens is 464 g/mol. The van der Waals surface area contributed by atoms with Gasteiger partial charge >= 0.3 is 0 Å². The largest absolute Gasteiger partial charge is 0.135 e. The molecule has 7 aromatic rings.